The fourth-order valence-electron chi connectivity index (χ4n) is 5.22. The van der Waals surface area contributed by atoms with Crippen molar-refractivity contribution in [2.24, 2.45) is 10.8 Å². The molecular weight excluding hydrogens is 400 g/mol. The number of carbonyl (C=O) groups excluding carboxylic acids is 1. The van der Waals surface area contributed by atoms with Crippen molar-refractivity contribution in [1.82, 2.24) is 10.3 Å². The third kappa shape index (κ3) is 3.03. The Kier molecular flexibility index (Phi) is 3.92. The van der Waals surface area contributed by atoms with Crippen LogP contribution in [0.2, 0.25) is 5.02 Å². The summed E-state index contributed by atoms with van der Waals surface area (Å²) in [5.41, 5.74) is 1.05. The monoisotopic (exact) mass is 422 g/mol. The van der Waals surface area contributed by atoms with Crippen molar-refractivity contribution < 1.29 is 17.6 Å². The molecule has 1 aromatic carbocycles. The fourth-order valence-corrected chi connectivity index (χ4v) is 7.54. The van der Waals surface area contributed by atoms with Crippen LogP contribution in [0.25, 0.3) is 11.1 Å². The van der Waals surface area contributed by atoms with E-state index in [9.17, 15) is 13.2 Å². The largest absolute Gasteiger partial charge is 0.440 e. The molecule has 1 aromatic heterocycles. The van der Waals surface area contributed by atoms with Crippen molar-refractivity contribution in [3.8, 4) is 0 Å². The van der Waals surface area contributed by atoms with Crippen LogP contribution in [0.1, 0.15) is 50.8 Å². The molecule has 2 saturated carbocycles. The van der Waals surface area contributed by atoms with Crippen LogP contribution in [0, 0.1) is 10.8 Å². The van der Waals surface area contributed by atoms with Crippen molar-refractivity contribution in [3.05, 3.63) is 29.1 Å². The van der Waals surface area contributed by atoms with E-state index < -0.39 is 15.3 Å². The van der Waals surface area contributed by atoms with Gasteiger partial charge in [0, 0.05) is 17.0 Å². The second-order valence-corrected chi connectivity index (χ2v) is 11.9. The standard InChI is InChI=1S/C20H23ClN2O4S/c1-19(4-5-28(25,26)11-19)18(24)22-14-9-20(10-14)7-12(8-20)17-23-15-6-13(21)2-3-16(15)27-17/h2-3,6,12,14H,4-5,7-11H2,1H3,(H,22,24). The number of sulfone groups is 1. The number of amides is 1. The van der Waals surface area contributed by atoms with Gasteiger partial charge in [0.15, 0.2) is 21.3 Å². The molecule has 0 radical (unpaired) electrons. The summed E-state index contributed by atoms with van der Waals surface area (Å²) in [6.07, 6.45) is 4.36. The van der Waals surface area contributed by atoms with Gasteiger partial charge in [-0.1, -0.05) is 11.6 Å². The molecule has 2 heterocycles. The molecule has 3 fully saturated rings. The predicted molar refractivity (Wildman–Crippen MR) is 106 cm³/mol. The number of aromatic nitrogens is 1. The second-order valence-electron chi connectivity index (χ2n) is 9.25. The smallest absolute Gasteiger partial charge is 0.227 e. The number of nitrogens with one attached hydrogen (secondary N) is 1. The number of rotatable bonds is 3. The van der Waals surface area contributed by atoms with Gasteiger partial charge in [0.2, 0.25) is 5.91 Å². The maximum Gasteiger partial charge on any atom is 0.227 e. The Balaban J connectivity index is 1.16. The Labute approximate surface area is 168 Å². The molecule has 2 aromatic rings. The SMILES string of the molecule is CC1(C(=O)NC2CC3(C2)CC(c2nc4cc(Cl)ccc4o2)C3)CCS(=O)(=O)C1. The molecule has 1 N–H and O–H groups in total. The van der Waals surface area contributed by atoms with E-state index >= 15 is 0 Å². The molecule has 1 aliphatic heterocycles. The molecule has 1 atom stereocenters. The van der Waals surface area contributed by atoms with Gasteiger partial charge < -0.3 is 9.73 Å². The molecule has 5 rings (SSSR count). The lowest BCUT2D eigenvalue weighted by atomic mass is 9.50. The molecular formula is C20H23ClN2O4S. The van der Waals surface area contributed by atoms with E-state index in [2.05, 4.69) is 10.3 Å². The molecule has 2 aliphatic carbocycles. The summed E-state index contributed by atoms with van der Waals surface area (Å²) in [4.78, 5) is 17.2. The highest BCUT2D eigenvalue weighted by Gasteiger charge is 2.55. The number of hydrogen-bond donors (Lipinski definition) is 1. The highest BCUT2D eigenvalue weighted by Crippen LogP contribution is 2.62. The summed E-state index contributed by atoms with van der Waals surface area (Å²) < 4.78 is 29.3. The molecule has 3 aliphatic rings. The summed E-state index contributed by atoms with van der Waals surface area (Å²) in [6, 6.07) is 5.62. The van der Waals surface area contributed by atoms with Gasteiger partial charge in [0.25, 0.3) is 0 Å². The van der Waals surface area contributed by atoms with Crippen molar-refractivity contribution in [2.75, 3.05) is 11.5 Å². The maximum absolute atomic E-state index is 12.6. The lowest BCUT2D eigenvalue weighted by Gasteiger charge is -2.57. The molecule has 8 heteroatoms. The van der Waals surface area contributed by atoms with E-state index in [1.165, 1.54) is 0 Å². The van der Waals surface area contributed by atoms with Crippen molar-refractivity contribution in [2.45, 2.75) is 51.0 Å². The number of fused-ring (bicyclic) bond motifs is 1. The van der Waals surface area contributed by atoms with Crippen LogP contribution in [0.4, 0.5) is 0 Å². The number of benzene rings is 1. The Morgan fingerprint density at radius 1 is 1.29 bits per heavy atom. The van der Waals surface area contributed by atoms with Gasteiger partial charge >= 0.3 is 0 Å². The first kappa shape index (κ1) is 18.4. The number of halogens is 1. The highest BCUT2D eigenvalue weighted by molar-refractivity contribution is 7.91. The highest BCUT2D eigenvalue weighted by atomic mass is 35.5. The molecule has 1 saturated heterocycles. The summed E-state index contributed by atoms with van der Waals surface area (Å²) in [6.45, 7) is 1.76. The third-order valence-corrected chi connectivity index (χ3v) is 8.96. The summed E-state index contributed by atoms with van der Waals surface area (Å²) >= 11 is 6.01. The third-order valence-electron chi connectivity index (χ3n) is 6.82. The van der Waals surface area contributed by atoms with E-state index in [4.69, 9.17) is 16.0 Å². The van der Waals surface area contributed by atoms with E-state index in [0.717, 1.165) is 42.7 Å². The number of oxazole rings is 1. The minimum absolute atomic E-state index is 0.0342. The Bertz CT molecular complexity index is 1070. The van der Waals surface area contributed by atoms with Crippen LogP contribution in [-0.2, 0) is 14.6 Å². The van der Waals surface area contributed by atoms with Gasteiger partial charge in [0.1, 0.15) is 5.52 Å². The summed E-state index contributed by atoms with van der Waals surface area (Å²) in [5.74, 6) is 1.07. The van der Waals surface area contributed by atoms with E-state index in [-0.39, 0.29) is 28.9 Å². The average molecular weight is 423 g/mol. The maximum atomic E-state index is 12.6. The Morgan fingerprint density at radius 3 is 2.71 bits per heavy atom. The molecule has 1 unspecified atom stereocenters. The van der Waals surface area contributed by atoms with Gasteiger partial charge in [-0.25, -0.2) is 13.4 Å². The molecule has 150 valence electrons. The van der Waals surface area contributed by atoms with Gasteiger partial charge in [0.05, 0.1) is 16.9 Å². The van der Waals surface area contributed by atoms with E-state index in [1.807, 2.05) is 12.1 Å². The average Bonchev–Trinajstić information content (AvgIpc) is 3.08. The van der Waals surface area contributed by atoms with Gasteiger partial charge in [-0.05, 0) is 62.6 Å². The van der Waals surface area contributed by atoms with Crippen LogP contribution < -0.4 is 5.32 Å². The first-order valence-electron chi connectivity index (χ1n) is 9.73. The van der Waals surface area contributed by atoms with Gasteiger partial charge in [-0.2, -0.15) is 0 Å². The number of nitrogens with zero attached hydrogens (tertiary/aromatic N) is 1. The van der Waals surface area contributed by atoms with Crippen LogP contribution in [-0.4, -0.2) is 36.9 Å². The van der Waals surface area contributed by atoms with Gasteiger partial charge in [-0.3, -0.25) is 4.79 Å². The lowest BCUT2D eigenvalue weighted by molar-refractivity contribution is -0.132. The molecule has 1 amide bonds. The lowest BCUT2D eigenvalue weighted by Crippen LogP contribution is -2.57. The fraction of sp³-hybridized carbons (Fsp3) is 0.600. The topological polar surface area (TPSA) is 89.3 Å². The van der Waals surface area contributed by atoms with Crippen LogP contribution >= 0.6 is 11.6 Å². The first-order chi connectivity index (χ1) is 13.2. The zero-order chi connectivity index (χ0) is 19.7. The predicted octanol–water partition coefficient (Wildman–Crippen LogP) is 3.45. The normalized spacial score (nSPS) is 36.2. The molecule has 0 bridgehead atoms. The molecule has 6 nitrogen and oxygen atoms in total. The van der Waals surface area contributed by atoms with Crippen molar-refractivity contribution in [1.29, 1.82) is 0 Å². The minimum atomic E-state index is -3.08. The Morgan fingerprint density at radius 2 is 2.04 bits per heavy atom. The zero-order valence-corrected chi connectivity index (χ0v) is 17.3. The van der Waals surface area contributed by atoms with E-state index in [0.29, 0.717) is 17.4 Å². The number of hydrogen-bond acceptors (Lipinski definition) is 5. The van der Waals surface area contributed by atoms with Crippen LogP contribution in [0.3, 0.4) is 0 Å². The number of carbonyl (C=O) groups is 1. The van der Waals surface area contributed by atoms with Gasteiger partial charge in [-0.15, -0.1) is 0 Å². The zero-order valence-electron chi connectivity index (χ0n) is 15.7. The molecule has 28 heavy (non-hydrogen) atoms. The van der Waals surface area contributed by atoms with Crippen LogP contribution in [0.5, 0.6) is 0 Å². The first-order valence-corrected chi connectivity index (χ1v) is 11.9. The second kappa shape index (κ2) is 5.95. The van der Waals surface area contributed by atoms with Crippen LogP contribution in [0.15, 0.2) is 22.6 Å². The summed E-state index contributed by atoms with van der Waals surface area (Å²) in [7, 11) is -3.08. The van der Waals surface area contributed by atoms with Crippen molar-refractivity contribution in [3.63, 3.8) is 0 Å². The molecule has 1 spiro atoms. The van der Waals surface area contributed by atoms with Crippen molar-refractivity contribution >= 4 is 38.4 Å². The van der Waals surface area contributed by atoms with E-state index in [1.54, 1.807) is 13.0 Å². The summed E-state index contributed by atoms with van der Waals surface area (Å²) in [5, 5.41) is 3.74. The quantitative estimate of drug-likeness (QED) is 0.818. The minimum Gasteiger partial charge on any atom is -0.440 e. The Hall–Kier alpha value is -1.60.